The Hall–Kier alpha value is -2.33. The number of carbonyl (C=O) groups excluding carboxylic acids is 1. The summed E-state index contributed by atoms with van der Waals surface area (Å²) in [7, 11) is 0. The van der Waals surface area contributed by atoms with Crippen molar-refractivity contribution in [2.75, 3.05) is 0 Å². The van der Waals surface area contributed by atoms with Crippen molar-refractivity contribution in [1.29, 1.82) is 0 Å². The molecule has 112 valence electrons. The van der Waals surface area contributed by atoms with Crippen molar-refractivity contribution in [1.82, 2.24) is 0 Å². The molecule has 1 N–H and O–H groups in total. The molecule has 0 aromatic heterocycles. The molecule has 0 fully saturated rings. The van der Waals surface area contributed by atoms with E-state index in [1.807, 2.05) is 30.3 Å². The second kappa shape index (κ2) is 7.61. The molecule has 1 atom stereocenters. The van der Waals surface area contributed by atoms with E-state index >= 15 is 0 Å². The van der Waals surface area contributed by atoms with Gasteiger partial charge in [-0.2, -0.15) is 0 Å². The molecule has 0 saturated carbocycles. The van der Waals surface area contributed by atoms with Crippen LogP contribution in [0.5, 0.6) is 0 Å². The van der Waals surface area contributed by atoms with Crippen molar-refractivity contribution in [3.63, 3.8) is 0 Å². The second-order valence-corrected chi connectivity index (χ2v) is 6.15. The van der Waals surface area contributed by atoms with Gasteiger partial charge >= 0.3 is 5.97 Å². The van der Waals surface area contributed by atoms with Gasteiger partial charge in [-0.05, 0) is 42.8 Å². The van der Waals surface area contributed by atoms with Gasteiger partial charge in [-0.3, -0.25) is 4.79 Å². The van der Waals surface area contributed by atoms with E-state index in [1.165, 1.54) is 5.56 Å². The van der Waals surface area contributed by atoms with Crippen LogP contribution >= 0.6 is 11.8 Å². The number of carboxylic acids is 1. The van der Waals surface area contributed by atoms with Gasteiger partial charge in [0.05, 0.1) is 0 Å². The third-order valence-corrected chi connectivity index (χ3v) is 4.27. The highest BCUT2D eigenvalue weighted by Gasteiger charge is 2.08. The van der Waals surface area contributed by atoms with Gasteiger partial charge in [0, 0.05) is 21.8 Å². The van der Waals surface area contributed by atoms with E-state index in [-0.39, 0.29) is 5.78 Å². The molecule has 0 aliphatic carbocycles. The van der Waals surface area contributed by atoms with Crippen LogP contribution in [0.25, 0.3) is 0 Å². The number of aliphatic carboxylic acids is 1. The zero-order valence-electron chi connectivity index (χ0n) is 12.1. The number of carbonyl (C=O) groups is 2. The summed E-state index contributed by atoms with van der Waals surface area (Å²) in [6, 6.07) is 17.4. The Balaban J connectivity index is 2.03. The lowest BCUT2D eigenvalue weighted by Crippen LogP contribution is -1.96. The lowest BCUT2D eigenvalue weighted by Gasteiger charge is -2.11. The molecule has 1 unspecified atom stereocenters. The number of ketones is 1. The van der Waals surface area contributed by atoms with Gasteiger partial charge in [-0.25, -0.2) is 4.79 Å². The van der Waals surface area contributed by atoms with Crippen molar-refractivity contribution in [3.8, 4) is 0 Å². The monoisotopic (exact) mass is 312 g/mol. The molecule has 0 spiro atoms. The fourth-order valence-corrected chi connectivity index (χ4v) is 2.93. The molecule has 2 aromatic carbocycles. The van der Waals surface area contributed by atoms with Gasteiger partial charge in [-0.15, -0.1) is 11.8 Å². The molecule has 0 saturated heterocycles. The average molecular weight is 312 g/mol. The maximum Gasteiger partial charge on any atom is 0.328 e. The molecule has 22 heavy (non-hydrogen) atoms. The maximum atomic E-state index is 11.7. The molecular weight excluding hydrogens is 296 g/mol. The van der Waals surface area contributed by atoms with E-state index in [9.17, 15) is 9.59 Å². The maximum absolute atomic E-state index is 11.7. The normalized spacial score (nSPS) is 12.2. The molecule has 0 aliphatic rings. The number of hydrogen-bond acceptors (Lipinski definition) is 3. The topological polar surface area (TPSA) is 54.4 Å². The van der Waals surface area contributed by atoms with E-state index in [0.29, 0.717) is 10.8 Å². The minimum Gasteiger partial charge on any atom is -0.478 e. The first-order valence-electron chi connectivity index (χ1n) is 6.83. The number of thioether (sulfide) groups is 1. The highest BCUT2D eigenvalue weighted by Crippen LogP contribution is 2.34. The predicted octanol–water partition coefficient (Wildman–Crippen LogP) is 4.36. The van der Waals surface area contributed by atoms with Gasteiger partial charge in [0.15, 0.2) is 5.78 Å². The summed E-state index contributed by atoms with van der Waals surface area (Å²) >= 11 is 1.71. The van der Waals surface area contributed by atoms with E-state index in [2.05, 4.69) is 19.1 Å². The van der Waals surface area contributed by atoms with Gasteiger partial charge in [0.1, 0.15) is 0 Å². The molecule has 4 heteroatoms. The van der Waals surface area contributed by atoms with Crippen molar-refractivity contribution < 1.29 is 14.7 Å². The summed E-state index contributed by atoms with van der Waals surface area (Å²) in [6.45, 7) is 2.13. The Labute approximate surface area is 133 Å². The van der Waals surface area contributed by atoms with Gasteiger partial charge in [0.25, 0.3) is 0 Å². The van der Waals surface area contributed by atoms with E-state index in [1.54, 1.807) is 23.9 Å². The Morgan fingerprint density at radius 1 is 1.00 bits per heavy atom. The third kappa shape index (κ3) is 4.60. The molecule has 3 nitrogen and oxygen atoms in total. The van der Waals surface area contributed by atoms with Crippen molar-refractivity contribution in [3.05, 3.63) is 77.9 Å². The van der Waals surface area contributed by atoms with E-state index < -0.39 is 5.97 Å². The van der Waals surface area contributed by atoms with Crippen LogP contribution in [-0.4, -0.2) is 16.9 Å². The molecular formula is C18H16O3S. The number of allylic oxidation sites excluding steroid dienone is 1. The first-order valence-corrected chi connectivity index (χ1v) is 7.71. The Morgan fingerprint density at radius 2 is 1.64 bits per heavy atom. The average Bonchev–Trinajstić information content (AvgIpc) is 2.54. The fourth-order valence-electron chi connectivity index (χ4n) is 1.94. The molecule has 0 heterocycles. The van der Waals surface area contributed by atoms with Crippen LogP contribution in [0.3, 0.4) is 0 Å². The molecule has 0 bridgehead atoms. The van der Waals surface area contributed by atoms with Crippen molar-refractivity contribution in [2.45, 2.75) is 17.1 Å². The SMILES string of the molecule is CC(Sc1ccc(C(=O)/C=C/C(=O)O)cc1)c1ccccc1. The highest BCUT2D eigenvalue weighted by atomic mass is 32.2. The third-order valence-electron chi connectivity index (χ3n) is 3.10. The Kier molecular flexibility index (Phi) is 5.55. The fraction of sp³-hybridized carbons (Fsp3) is 0.111. The number of rotatable bonds is 6. The first-order chi connectivity index (χ1) is 10.6. The zero-order valence-corrected chi connectivity index (χ0v) is 12.9. The van der Waals surface area contributed by atoms with Crippen LogP contribution in [0.15, 0.2) is 71.6 Å². The van der Waals surface area contributed by atoms with Crippen LogP contribution in [0.1, 0.15) is 28.1 Å². The standard InChI is InChI=1S/C18H16O3S/c1-13(14-5-3-2-4-6-14)22-16-9-7-15(8-10-16)17(19)11-12-18(20)21/h2-13H,1H3,(H,20,21)/b12-11+. The summed E-state index contributed by atoms with van der Waals surface area (Å²) < 4.78 is 0. The van der Waals surface area contributed by atoms with Crippen LogP contribution in [-0.2, 0) is 4.79 Å². The quantitative estimate of drug-likeness (QED) is 0.489. The minimum absolute atomic E-state index is 0.310. The number of hydrogen-bond donors (Lipinski definition) is 1. The highest BCUT2D eigenvalue weighted by molar-refractivity contribution is 7.99. The largest absolute Gasteiger partial charge is 0.478 e. The van der Waals surface area contributed by atoms with Crippen LogP contribution in [0.2, 0.25) is 0 Å². The van der Waals surface area contributed by atoms with Crippen molar-refractivity contribution in [2.24, 2.45) is 0 Å². The molecule has 2 aromatic rings. The van der Waals surface area contributed by atoms with Crippen LogP contribution < -0.4 is 0 Å². The molecule has 0 radical (unpaired) electrons. The van der Waals surface area contributed by atoms with E-state index in [4.69, 9.17) is 5.11 Å². The van der Waals surface area contributed by atoms with Crippen LogP contribution in [0, 0.1) is 0 Å². The minimum atomic E-state index is -1.13. The smallest absolute Gasteiger partial charge is 0.328 e. The molecule has 0 aliphatic heterocycles. The lowest BCUT2D eigenvalue weighted by atomic mass is 10.1. The summed E-state index contributed by atoms with van der Waals surface area (Å²) in [5, 5.41) is 8.83. The predicted molar refractivity (Wildman–Crippen MR) is 88.3 cm³/mol. The van der Waals surface area contributed by atoms with Gasteiger partial charge < -0.3 is 5.11 Å². The van der Waals surface area contributed by atoms with Crippen molar-refractivity contribution >= 4 is 23.5 Å². The summed E-state index contributed by atoms with van der Waals surface area (Å²) in [6.07, 6.45) is 1.92. The van der Waals surface area contributed by atoms with Crippen LogP contribution in [0.4, 0.5) is 0 Å². The van der Waals surface area contributed by atoms with Gasteiger partial charge in [0.2, 0.25) is 0 Å². The zero-order chi connectivity index (χ0) is 15.9. The Bertz CT molecular complexity index is 675. The van der Waals surface area contributed by atoms with Gasteiger partial charge in [-0.1, -0.05) is 30.3 Å². The summed E-state index contributed by atoms with van der Waals surface area (Å²) in [4.78, 5) is 23.2. The Morgan fingerprint density at radius 3 is 2.23 bits per heavy atom. The van der Waals surface area contributed by atoms with E-state index in [0.717, 1.165) is 17.0 Å². The number of benzene rings is 2. The first kappa shape index (κ1) is 16.0. The molecule has 2 rings (SSSR count). The summed E-state index contributed by atoms with van der Waals surface area (Å²) in [5.41, 5.74) is 1.73. The molecule has 0 amide bonds. The summed E-state index contributed by atoms with van der Waals surface area (Å²) in [5.74, 6) is -1.44. The lowest BCUT2D eigenvalue weighted by molar-refractivity contribution is -0.131. The number of carboxylic acid groups (broad SMARTS) is 1. The second-order valence-electron chi connectivity index (χ2n) is 4.73.